The Morgan fingerprint density at radius 3 is 2.45 bits per heavy atom. The van der Waals surface area contributed by atoms with Crippen LogP contribution in [-0.4, -0.2) is 20.0 Å². The van der Waals surface area contributed by atoms with Gasteiger partial charge < -0.3 is 0 Å². The van der Waals surface area contributed by atoms with Crippen molar-refractivity contribution in [2.45, 2.75) is 33.6 Å². The van der Waals surface area contributed by atoms with Gasteiger partial charge in [-0.15, -0.1) is 5.10 Å². The first-order valence-corrected chi connectivity index (χ1v) is 7.04. The summed E-state index contributed by atoms with van der Waals surface area (Å²) >= 11 is 0. The van der Waals surface area contributed by atoms with Gasteiger partial charge in [0.25, 0.3) is 0 Å². The van der Waals surface area contributed by atoms with E-state index in [1.807, 2.05) is 23.7 Å². The van der Waals surface area contributed by atoms with E-state index in [4.69, 9.17) is 0 Å². The number of fused-ring (bicyclic) bond motifs is 1. The first-order chi connectivity index (χ1) is 9.74. The smallest absolute Gasteiger partial charge is 0.183 e. The van der Waals surface area contributed by atoms with E-state index in [0.717, 1.165) is 40.8 Å². The maximum absolute atomic E-state index is 4.66. The quantitative estimate of drug-likeness (QED) is 0.731. The summed E-state index contributed by atoms with van der Waals surface area (Å²) in [6.07, 6.45) is 1.86. The molecule has 102 valence electrons. The zero-order chi connectivity index (χ0) is 14.1. The molecule has 4 heteroatoms. The SMILES string of the molecule is CCc1cc(CC)n(-c2nnc(C)c3ccccc23)n1. The van der Waals surface area contributed by atoms with Gasteiger partial charge in [0.1, 0.15) is 0 Å². The van der Waals surface area contributed by atoms with E-state index in [9.17, 15) is 0 Å². The van der Waals surface area contributed by atoms with Crippen molar-refractivity contribution in [1.29, 1.82) is 0 Å². The number of hydrogen-bond acceptors (Lipinski definition) is 3. The lowest BCUT2D eigenvalue weighted by atomic mass is 10.1. The average molecular weight is 266 g/mol. The Labute approximate surface area is 118 Å². The predicted octanol–water partition coefficient (Wildman–Crippen LogP) is 3.25. The molecule has 4 nitrogen and oxygen atoms in total. The van der Waals surface area contributed by atoms with Gasteiger partial charge in [-0.2, -0.15) is 10.2 Å². The molecule has 0 aliphatic carbocycles. The monoisotopic (exact) mass is 266 g/mol. The van der Waals surface area contributed by atoms with Crippen LogP contribution in [0.1, 0.15) is 30.9 Å². The van der Waals surface area contributed by atoms with Crippen LogP contribution in [0.25, 0.3) is 16.6 Å². The number of aromatic nitrogens is 4. The molecule has 0 saturated carbocycles. The van der Waals surface area contributed by atoms with Crippen LogP contribution in [0.4, 0.5) is 0 Å². The van der Waals surface area contributed by atoms with E-state index in [0.29, 0.717) is 0 Å². The van der Waals surface area contributed by atoms with Crippen molar-refractivity contribution in [3.63, 3.8) is 0 Å². The summed E-state index contributed by atoms with van der Waals surface area (Å²) in [5.41, 5.74) is 3.21. The molecule has 2 aromatic heterocycles. The molecule has 0 aliphatic heterocycles. The molecule has 0 amide bonds. The Bertz CT molecular complexity index is 758. The van der Waals surface area contributed by atoms with E-state index in [2.05, 4.69) is 47.3 Å². The lowest BCUT2D eigenvalue weighted by Crippen LogP contribution is -2.07. The van der Waals surface area contributed by atoms with Crippen molar-refractivity contribution >= 4 is 10.8 Å². The minimum absolute atomic E-state index is 0.822. The minimum atomic E-state index is 0.822. The van der Waals surface area contributed by atoms with Gasteiger partial charge in [0.05, 0.1) is 11.4 Å². The van der Waals surface area contributed by atoms with Gasteiger partial charge in [0.2, 0.25) is 0 Å². The molecule has 0 spiro atoms. The highest BCUT2D eigenvalue weighted by Crippen LogP contribution is 2.23. The predicted molar refractivity (Wildman–Crippen MR) is 80.2 cm³/mol. The number of rotatable bonds is 3. The molecular weight excluding hydrogens is 248 g/mol. The van der Waals surface area contributed by atoms with Crippen LogP contribution < -0.4 is 0 Å². The Hall–Kier alpha value is -2.23. The molecule has 0 bridgehead atoms. The topological polar surface area (TPSA) is 43.6 Å². The zero-order valence-electron chi connectivity index (χ0n) is 12.1. The fraction of sp³-hybridized carbons (Fsp3) is 0.312. The van der Waals surface area contributed by atoms with Gasteiger partial charge in [0.15, 0.2) is 5.82 Å². The lowest BCUT2D eigenvalue weighted by molar-refractivity contribution is 0.759. The second-order valence-electron chi connectivity index (χ2n) is 4.90. The van der Waals surface area contributed by atoms with Crippen LogP contribution in [0.15, 0.2) is 30.3 Å². The third kappa shape index (κ3) is 1.97. The third-order valence-electron chi connectivity index (χ3n) is 3.61. The van der Waals surface area contributed by atoms with Crippen molar-refractivity contribution < 1.29 is 0 Å². The van der Waals surface area contributed by atoms with Crippen LogP contribution >= 0.6 is 0 Å². The van der Waals surface area contributed by atoms with Gasteiger partial charge in [-0.1, -0.05) is 38.1 Å². The van der Waals surface area contributed by atoms with E-state index in [1.165, 1.54) is 5.69 Å². The van der Waals surface area contributed by atoms with Gasteiger partial charge >= 0.3 is 0 Å². The van der Waals surface area contributed by atoms with E-state index in [1.54, 1.807) is 0 Å². The third-order valence-corrected chi connectivity index (χ3v) is 3.61. The Balaban J connectivity index is 2.30. The molecule has 0 radical (unpaired) electrons. The fourth-order valence-electron chi connectivity index (χ4n) is 2.46. The zero-order valence-corrected chi connectivity index (χ0v) is 12.1. The maximum atomic E-state index is 4.66. The van der Waals surface area contributed by atoms with Crippen molar-refractivity contribution in [3.05, 3.63) is 47.4 Å². The van der Waals surface area contributed by atoms with Gasteiger partial charge in [-0.3, -0.25) is 0 Å². The number of aryl methyl sites for hydroxylation is 3. The van der Waals surface area contributed by atoms with Crippen molar-refractivity contribution in [3.8, 4) is 5.82 Å². The number of hydrogen-bond donors (Lipinski definition) is 0. The van der Waals surface area contributed by atoms with Crippen LogP contribution in [-0.2, 0) is 12.8 Å². The van der Waals surface area contributed by atoms with Crippen LogP contribution in [0.5, 0.6) is 0 Å². The Morgan fingerprint density at radius 2 is 1.75 bits per heavy atom. The molecule has 0 aliphatic rings. The minimum Gasteiger partial charge on any atom is -0.217 e. The summed E-state index contributed by atoms with van der Waals surface area (Å²) in [5.74, 6) is 0.822. The summed E-state index contributed by atoms with van der Waals surface area (Å²) in [5, 5.41) is 15.6. The molecule has 0 saturated heterocycles. The molecule has 1 aromatic carbocycles. The largest absolute Gasteiger partial charge is 0.217 e. The van der Waals surface area contributed by atoms with Gasteiger partial charge in [0, 0.05) is 16.5 Å². The molecule has 3 aromatic rings. The summed E-state index contributed by atoms with van der Waals surface area (Å²) in [6.45, 7) is 6.24. The summed E-state index contributed by atoms with van der Waals surface area (Å²) in [7, 11) is 0. The molecule has 0 N–H and O–H groups in total. The highest BCUT2D eigenvalue weighted by atomic mass is 15.3. The van der Waals surface area contributed by atoms with Crippen LogP contribution in [0.3, 0.4) is 0 Å². The molecule has 2 heterocycles. The molecule has 20 heavy (non-hydrogen) atoms. The lowest BCUT2D eigenvalue weighted by Gasteiger charge is -2.09. The van der Waals surface area contributed by atoms with Crippen LogP contribution in [0.2, 0.25) is 0 Å². The number of benzene rings is 1. The first kappa shape index (κ1) is 12.8. The first-order valence-electron chi connectivity index (χ1n) is 7.04. The van der Waals surface area contributed by atoms with Crippen molar-refractivity contribution in [1.82, 2.24) is 20.0 Å². The van der Waals surface area contributed by atoms with E-state index < -0.39 is 0 Å². The summed E-state index contributed by atoms with van der Waals surface area (Å²) in [6, 6.07) is 10.4. The molecule has 3 rings (SSSR count). The maximum Gasteiger partial charge on any atom is 0.183 e. The second-order valence-corrected chi connectivity index (χ2v) is 4.90. The second kappa shape index (κ2) is 5.04. The Kier molecular flexibility index (Phi) is 3.22. The average Bonchev–Trinajstić information content (AvgIpc) is 2.91. The molecule has 0 fully saturated rings. The standard InChI is InChI=1S/C16H18N4/c1-4-12-10-13(5-2)20(19-12)16-15-9-7-6-8-14(15)11(3)17-18-16/h6-10H,4-5H2,1-3H3. The van der Waals surface area contributed by atoms with Crippen molar-refractivity contribution in [2.24, 2.45) is 0 Å². The van der Waals surface area contributed by atoms with Gasteiger partial charge in [-0.05, 0) is 25.8 Å². The van der Waals surface area contributed by atoms with E-state index >= 15 is 0 Å². The summed E-state index contributed by atoms with van der Waals surface area (Å²) in [4.78, 5) is 0. The molecule has 0 atom stereocenters. The summed E-state index contributed by atoms with van der Waals surface area (Å²) < 4.78 is 1.94. The number of nitrogens with zero attached hydrogens (tertiary/aromatic N) is 4. The van der Waals surface area contributed by atoms with Crippen LogP contribution in [0, 0.1) is 6.92 Å². The normalized spacial score (nSPS) is 11.2. The highest BCUT2D eigenvalue weighted by Gasteiger charge is 2.13. The molecular formula is C16H18N4. The van der Waals surface area contributed by atoms with Gasteiger partial charge in [-0.25, -0.2) is 4.68 Å². The highest BCUT2D eigenvalue weighted by molar-refractivity contribution is 5.89. The molecule has 0 unspecified atom stereocenters. The van der Waals surface area contributed by atoms with E-state index in [-0.39, 0.29) is 0 Å². The fourth-order valence-corrected chi connectivity index (χ4v) is 2.46. The Morgan fingerprint density at radius 1 is 1.00 bits per heavy atom. The van der Waals surface area contributed by atoms with Crippen molar-refractivity contribution in [2.75, 3.05) is 0 Å².